The van der Waals surface area contributed by atoms with Crippen molar-refractivity contribution in [3.63, 3.8) is 0 Å². The highest BCUT2D eigenvalue weighted by Crippen LogP contribution is 2.23. The third-order valence-corrected chi connectivity index (χ3v) is 12.7. The molecule has 1 rings (SSSR count). The molecule has 1 aliphatic heterocycles. The van der Waals surface area contributed by atoms with E-state index in [-0.39, 0.29) is 18.5 Å². The Morgan fingerprint density at radius 1 is 0.549 bits per heavy atom. The summed E-state index contributed by atoms with van der Waals surface area (Å²) in [4.78, 5) is 25.1. The molecule has 6 N–H and O–H groups in total. The molecule has 1 aliphatic rings. The van der Waals surface area contributed by atoms with E-state index >= 15 is 0 Å². The lowest BCUT2D eigenvalue weighted by Crippen LogP contribution is -2.60. The van der Waals surface area contributed by atoms with Gasteiger partial charge in [-0.05, 0) is 116 Å². The molecule has 0 aromatic carbocycles. The molecule has 0 aliphatic carbocycles. The molecule has 0 aromatic rings. The lowest BCUT2D eigenvalue weighted by Gasteiger charge is -2.40. The van der Waals surface area contributed by atoms with Crippen molar-refractivity contribution < 1.29 is 49.3 Å². The Hall–Kier alpha value is -3.16. The van der Waals surface area contributed by atoms with Gasteiger partial charge < -0.3 is 45.1 Å². The van der Waals surface area contributed by atoms with Crippen LogP contribution < -0.4 is 5.32 Å². The third-order valence-electron chi connectivity index (χ3n) is 12.7. The summed E-state index contributed by atoms with van der Waals surface area (Å²) < 4.78 is 16.6. The Morgan fingerprint density at radius 2 is 1.04 bits per heavy atom. The molecule has 11 heteroatoms. The number of allylic oxidation sites excluding steroid dienone is 13. The van der Waals surface area contributed by atoms with E-state index in [1.807, 2.05) is 6.08 Å². The molecule has 0 bridgehead atoms. The first-order valence-corrected chi connectivity index (χ1v) is 28.4. The van der Waals surface area contributed by atoms with Crippen molar-refractivity contribution in [2.45, 2.75) is 262 Å². The average Bonchev–Trinajstić information content (AvgIpc) is 3.37. The lowest BCUT2D eigenvalue weighted by atomic mass is 9.99. The maximum absolute atomic E-state index is 13.0. The minimum Gasteiger partial charge on any atom is -0.466 e. The van der Waals surface area contributed by atoms with Crippen LogP contribution in [-0.2, 0) is 23.8 Å². The van der Waals surface area contributed by atoms with Gasteiger partial charge in [-0.1, -0.05) is 176 Å². The molecule has 0 radical (unpaired) electrons. The van der Waals surface area contributed by atoms with E-state index in [0.29, 0.717) is 32.3 Å². The number of hydrogen-bond acceptors (Lipinski definition) is 10. The van der Waals surface area contributed by atoms with Crippen LogP contribution in [0.5, 0.6) is 0 Å². The number of esters is 1. The van der Waals surface area contributed by atoms with E-state index in [1.165, 1.54) is 70.6 Å². The number of carbonyl (C=O) groups is 2. The van der Waals surface area contributed by atoms with Gasteiger partial charge in [-0.25, -0.2) is 0 Å². The van der Waals surface area contributed by atoms with Crippen molar-refractivity contribution >= 4 is 11.9 Å². The number of aliphatic hydroxyl groups is 5. The van der Waals surface area contributed by atoms with Crippen molar-refractivity contribution in [1.29, 1.82) is 0 Å². The molecule has 0 spiro atoms. The number of hydrogen-bond donors (Lipinski definition) is 6. The highest BCUT2D eigenvalue weighted by Gasteiger charge is 2.44. The molecular weight excluding hydrogens is 895 g/mol. The van der Waals surface area contributed by atoms with Gasteiger partial charge >= 0.3 is 5.97 Å². The molecule has 0 aromatic heterocycles. The molecule has 1 heterocycles. The van der Waals surface area contributed by atoms with Gasteiger partial charge in [-0.2, -0.15) is 0 Å². The van der Waals surface area contributed by atoms with E-state index in [1.54, 1.807) is 6.08 Å². The molecule has 71 heavy (non-hydrogen) atoms. The Kier molecular flexibility index (Phi) is 45.5. The van der Waals surface area contributed by atoms with Gasteiger partial charge in [0.25, 0.3) is 0 Å². The minimum absolute atomic E-state index is 0.0514. The van der Waals surface area contributed by atoms with Crippen LogP contribution in [0.25, 0.3) is 0 Å². The van der Waals surface area contributed by atoms with Gasteiger partial charge in [-0.3, -0.25) is 9.59 Å². The topological polar surface area (TPSA) is 175 Å². The highest BCUT2D eigenvalue weighted by molar-refractivity contribution is 5.76. The first-order valence-electron chi connectivity index (χ1n) is 28.4. The molecule has 1 fully saturated rings. The second kappa shape index (κ2) is 49.1. The Labute approximate surface area is 432 Å². The van der Waals surface area contributed by atoms with E-state index in [4.69, 9.17) is 14.2 Å². The number of unbranched alkanes of at least 4 members (excludes halogenated alkanes) is 22. The SMILES string of the molecule is CC/C=C/CC/C=C/CC/C=C/C(O)C(COC1OC(CO)C(O)C(O)C1O)NC(=O)CCCCCCCC/C=C\C=C/CCCCCOC(=O)CCCCCCCCC/C=C\C/C=C\CCCCCC. The fourth-order valence-corrected chi connectivity index (χ4v) is 8.20. The van der Waals surface area contributed by atoms with Crippen LogP contribution in [0.2, 0.25) is 0 Å². The van der Waals surface area contributed by atoms with Gasteiger partial charge in [-0.15, -0.1) is 0 Å². The maximum Gasteiger partial charge on any atom is 0.305 e. The predicted molar refractivity (Wildman–Crippen MR) is 292 cm³/mol. The van der Waals surface area contributed by atoms with Gasteiger partial charge in [0.05, 0.1) is 32.0 Å². The summed E-state index contributed by atoms with van der Waals surface area (Å²) in [5.74, 6) is -0.276. The molecule has 7 atom stereocenters. The van der Waals surface area contributed by atoms with Crippen LogP contribution in [0.3, 0.4) is 0 Å². The molecule has 0 saturated carbocycles. The fourth-order valence-electron chi connectivity index (χ4n) is 8.20. The number of rotatable bonds is 47. The Bertz CT molecular complexity index is 1450. The largest absolute Gasteiger partial charge is 0.466 e. The number of carbonyl (C=O) groups excluding carboxylic acids is 2. The van der Waals surface area contributed by atoms with Gasteiger partial charge in [0.2, 0.25) is 5.91 Å². The average molecular weight is 998 g/mol. The fraction of sp³-hybridized carbons (Fsp3) is 0.733. The van der Waals surface area contributed by atoms with Gasteiger partial charge in [0.15, 0.2) is 6.29 Å². The summed E-state index contributed by atoms with van der Waals surface area (Å²) in [6, 6.07) is -0.853. The van der Waals surface area contributed by atoms with Crippen molar-refractivity contribution in [2.75, 3.05) is 19.8 Å². The van der Waals surface area contributed by atoms with Gasteiger partial charge in [0, 0.05) is 12.8 Å². The van der Waals surface area contributed by atoms with Crippen LogP contribution in [0.15, 0.2) is 85.1 Å². The standard InChI is InChI=1S/C60H103NO10/c1-3-5-7-9-11-13-15-16-17-18-19-22-25-28-32-36-40-44-48-56(65)69-49-45-41-37-33-29-26-23-20-21-24-27-31-35-39-43-47-55(64)61-52(51-70-60-59(68)58(67)57(66)54(50-62)71-60)53(63)46-42-38-34-30-14-12-10-8-6-4-2/h6,8,13-15,17-18,20,23,26,29-30,42,46,52-54,57-60,62-63,66-68H,3-5,7,9-12,16,19,21-22,24-25,27-28,31-41,43-45,47-51H2,1-2H3,(H,61,64)/b8-6+,15-13-,18-17-,23-20-,29-26-,30-14+,46-42+. The third kappa shape index (κ3) is 39.0. The Morgan fingerprint density at radius 3 is 1.62 bits per heavy atom. The number of ether oxygens (including phenoxy) is 3. The molecular formula is C60H103NO10. The quantitative estimate of drug-likeness (QED) is 0.0149. The van der Waals surface area contributed by atoms with Crippen LogP contribution >= 0.6 is 0 Å². The minimum atomic E-state index is -1.59. The zero-order valence-electron chi connectivity index (χ0n) is 44.7. The lowest BCUT2D eigenvalue weighted by molar-refractivity contribution is -0.302. The van der Waals surface area contributed by atoms with E-state index < -0.39 is 49.5 Å². The maximum atomic E-state index is 13.0. The van der Waals surface area contributed by atoms with Crippen LogP contribution in [0, 0.1) is 0 Å². The first kappa shape index (κ1) is 65.9. The summed E-state index contributed by atoms with van der Waals surface area (Å²) in [6.45, 7) is 4.08. The summed E-state index contributed by atoms with van der Waals surface area (Å²) >= 11 is 0. The molecule has 7 unspecified atom stereocenters. The first-order chi connectivity index (χ1) is 34.7. The molecule has 408 valence electrons. The van der Waals surface area contributed by atoms with Crippen LogP contribution in [0.4, 0.5) is 0 Å². The van der Waals surface area contributed by atoms with Gasteiger partial charge in [0.1, 0.15) is 24.4 Å². The summed E-state index contributed by atoms with van der Waals surface area (Å²) in [5, 5.41) is 54.1. The molecule has 1 amide bonds. The van der Waals surface area contributed by atoms with E-state index in [9.17, 15) is 35.1 Å². The van der Waals surface area contributed by atoms with Crippen molar-refractivity contribution in [2.24, 2.45) is 0 Å². The second-order valence-corrected chi connectivity index (χ2v) is 19.3. The molecule has 11 nitrogen and oxygen atoms in total. The number of nitrogens with one attached hydrogen (secondary N) is 1. The predicted octanol–water partition coefficient (Wildman–Crippen LogP) is 12.6. The second-order valence-electron chi connectivity index (χ2n) is 19.3. The normalized spacial score (nSPS) is 19.8. The highest BCUT2D eigenvalue weighted by atomic mass is 16.7. The van der Waals surface area contributed by atoms with E-state index in [2.05, 4.69) is 92.1 Å². The number of aliphatic hydroxyl groups excluding tert-OH is 5. The summed E-state index contributed by atoms with van der Waals surface area (Å²) in [5.41, 5.74) is 0. The summed E-state index contributed by atoms with van der Waals surface area (Å²) in [7, 11) is 0. The zero-order valence-corrected chi connectivity index (χ0v) is 44.7. The van der Waals surface area contributed by atoms with Crippen molar-refractivity contribution in [1.82, 2.24) is 5.32 Å². The molecule has 1 saturated heterocycles. The Balaban J connectivity index is 2.12. The van der Waals surface area contributed by atoms with Crippen LogP contribution in [0.1, 0.15) is 219 Å². The zero-order chi connectivity index (χ0) is 51.7. The summed E-state index contributed by atoms with van der Waals surface area (Å²) in [6.07, 6.45) is 55.4. The smallest absolute Gasteiger partial charge is 0.305 e. The van der Waals surface area contributed by atoms with Crippen LogP contribution in [-0.4, -0.2) is 100 Å². The monoisotopic (exact) mass is 998 g/mol. The number of amides is 1. The van der Waals surface area contributed by atoms with Crippen molar-refractivity contribution in [3.05, 3.63) is 85.1 Å². The van der Waals surface area contributed by atoms with Crippen molar-refractivity contribution in [3.8, 4) is 0 Å². The van der Waals surface area contributed by atoms with E-state index in [0.717, 1.165) is 109 Å².